The number of pyridine rings is 2. The maximum Gasteiger partial charge on any atom is 0.161 e. The lowest BCUT2D eigenvalue weighted by atomic mass is 10.2. The molecule has 0 unspecified atom stereocenters. The van der Waals surface area contributed by atoms with Crippen molar-refractivity contribution in [3.63, 3.8) is 0 Å². The van der Waals surface area contributed by atoms with Crippen LogP contribution in [0.1, 0.15) is 5.56 Å². The van der Waals surface area contributed by atoms with Crippen molar-refractivity contribution in [1.82, 2.24) is 14.9 Å². The summed E-state index contributed by atoms with van der Waals surface area (Å²) in [5.74, 6) is 0.604. The number of aliphatic hydroxyl groups is 1. The molecule has 2 atom stereocenters. The van der Waals surface area contributed by atoms with Crippen LogP contribution in [0.5, 0.6) is 0 Å². The third-order valence-corrected chi connectivity index (χ3v) is 3.91. The van der Waals surface area contributed by atoms with Crippen molar-refractivity contribution in [3.8, 4) is 6.07 Å². The maximum absolute atomic E-state index is 10.2. The van der Waals surface area contributed by atoms with E-state index in [0.717, 1.165) is 5.39 Å². The molecule has 6 heteroatoms. The van der Waals surface area contributed by atoms with Gasteiger partial charge in [0.25, 0.3) is 0 Å². The third-order valence-electron chi connectivity index (χ3n) is 3.91. The third kappa shape index (κ3) is 2.42. The van der Waals surface area contributed by atoms with Crippen LogP contribution in [0.2, 0.25) is 0 Å². The van der Waals surface area contributed by atoms with Gasteiger partial charge in [-0.15, -0.1) is 0 Å². The molecule has 0 spiro atoms. The summed E-state index contributed by atoms with van der Waals surface area (Å²) >= 11 is 0. The van der Waals surface area contributed by atoms with E-state index in [0.29, 0.717) is 30.1 Å². The van der Waals surface area contributed by atoms with Crippen LogP contribution >= 0.6 is 0 Å². The fraction of sp³-hybridized carbons (Fsp3) is 0.400. The normalized spacial score (nSPS) is 22.0. The molecule has 1 N–H and O–H groups in total. The van der Waals surface area contributed by atoms with Crippen LogP contribution < -0.4 is 4.90 Å². The summed E-state index contributed by atoms with van der Waals surface area (Å²) in [6, 6.07) is 7.76. The van der Waals surface area contributed by atoms with Gasteiger partial charge in [0, 0.05) is 24.7 Å². The van der Waals surface area contributed by atoms with Gasteiger partial charge >= 0.3 is 0 Å². The van der Waals surface area contributed by atoms with Crippen molar-refractivity contribution in [3.05, 3.63) is 30.0 Å². The number of anilines is 1. The second-order valence-electron chi connectivity index (χ2n) is 5.52. The number of likely N-dealkylation sites (N-methyl/N-ethyl adjacent to an activating group) is 1. The first-order valence-corrected chi connectivity index (χ1v) is 6.85. The molecule has 0 aliphatic carbocycles. The van der Waals surface area contributed by atoms with E-state index in [4.69, 9.17) is 0 Å². The van der Waals surface area contributed by atoms with Gasteiger partial charge in [0.2, 0.25) is 0 Å². The summed E-state index contributed by atoms with van der Waals surface area (Å²) in [4.78, 5) is 12.7. The molecule has 21 heavy (non-hydrogen) atoms. The minimum Gasteiger partial charge on any atom is -0.390 e. The summed E-state index contributed by atoms with van der Waals surface area (Å²) < 4.78 is 0. The van der Waals surface area contributed by atoms with E-state index in [-0.39, 0.29) is 6.04 Å². The summed E-state index contributed by atoms with van der Waals surface area (Å²) in [6.45, 7) is 1.12. The Labute approximate surface area is 123 Å². The zero-order valence-electron chi connectivity index (χ0n) is 12.1. The molecule has 0 amide bonds. The van der Waals surface area contributed by atoms with Crippen LogP contribution in [0.4, 0.5) is 5.82 Å². The van der Waals surface area contributed by atoms with Gasteiger partial charge < -0.3 is 14.9 Å². The lowest BCUT2D eigenvalue weighted by molar-refractivity contribution is 0.114. The van der Waals surface area contributed by atoms with Gasteiger partial charge in [-0.25, -0.2) is 9.97 Å². The average Bonchev–Trinajstić information content (AvgIpc) is 2.88. The number of aromatic nitrogens is 2. The van der Waals surface area contributed by atoms with Crippen molar-refractivity contribution in [2.45, 2.75) is 12.1 Å². The van der Waals surface area contributed by atoms with E-state index in [1.807, 2.05) is 36.0 Å². The number of hydrogen-bond donors (Lipinski definition) is 1. The van der Waals surface area contributed by atoms with E-state index in [1.54, 1.807) is 12.3 Å². The second kappa shape index (κ2) is 5.28. The highest BCUT2D eigenvalue weighted by molar-refractivity contribution is 5.79. The summed E-state index contributed by atoms with van der Waals surface area (Å²) in [5.41, 5.74) is 1.14. The Kier molecular flexibility index (Phi) is 3.45. The van der Waals surface area contributed by atoms with E-state index >= 15 is 0 Å². The van der Waals surface area contributed by atoms with Crippen LogP contribution in [0.15, 0.2) is 24.4 Å². The molecule has 3 heterocycles. The smallest absolute Gasteiger partial charge is 0.161 e. The SMILES string of the molecule is CN(C)[C@H]1CN(c2nc3ncccc3cc2C#N)C[C@@H]1O. The van der Waals surface area contributed by atoms with E-state index in [2.05, 4.69) is 16.0 Å². The predicted octanol–water partition coefficient (Wildman–Crippen LogP) is 0.613. The molecule has 2 aromatic rings. The first kappa shape index (κ1) is 13.7. The Morgan fingerprint density at radius 2 is 2.24 bits per heavy atom. The number of aliphatic hydroxyl groups excluding tert-OH is 1. The van der Waals surface area contributed by atoms with Crippen LogP contribution in [-0.2, 0) is 0 Å². The zero-order chi connectivity index (χ0) is 15.0. The lowest BCUT2D eigenvalue weighted by Gasteiger charge is -2.22. The number of nitriles is 1. The van der Waals surface area contributed by atoms with Crippen molar-refractivity contribution in [2.24, 2.45) is 0 Å². The molecular formula is C15H17N5O. The Hall–Kier alpha value is -2.23. The minimum atomic E-state index is -0.451. The van der Waals surface area contributed by atoms with Gasteiger partial charge in [0.15, 0.2) is 5.65 Å². The van der Waals surface area contributed by atoms with Crippen molar-refractivity contribution in [1.29, 1.82) is 5.26 Å². The Morgan fingerprint density at radius 1 is 1.43 bits per heavy atom. The minimum absolute atomic E-state index is 0.0396. The predicted molar refractivity (Wildman–Crippen MR) is 79.9 cm³/mol. The van der Waals surface area contributed by atoms with E-state index < -0.39 is 6.10 Å². The summed E-state index contributed by atoms with van der Waals surface area (Å²) in [5, 5.41) is 20.4. The van der Waals surface area contributed by atoms with Gasteiger partial charge in [-0.05, 0) is 32.3 Å². The van der Waals surface area contributed by atoms with Gasteiger partial charge in [0.05, 0.1) is 17.7 Å². The molecule has 108 valence electrons. The maximum atomic E-state index is 10.2. The molecule has 0 saturated carbocycles. The second-order valence-corrected chi connectivity index (χ2v) is 5.52. The molecule has 0 bridgehead atoms. The molecule has 1 saturated heterocycles. The molecule has 1 fully saturated rings. The Balaban J connectivity index is 2.02. The monoisotopic (exact) mass is 283 g/mol. The molecule has 2 aromatic heterocycles. The zero-order valence-corrected chi connectivity index (χ0v) is 12.1. The fourth-order valence-corrected chi connectivity index (χ4v) is 2.77. The summed E-state index contributed by atoms with van der Waals surface area (Å²) in [7, 11) is 3.88. The molecule has 1 aliphatic rings. The lowest BCUT2D eigenvalue weighted by Crippen LogP contribution is -2.38. The standard InChI is InChI=1S/C15H17N5O/c1-19(2)12-8-20(9-13(12)21)15-11(7-16)6-10-4-3-5-17-14(10)18-15/h3-6,12-13,21H,8-9H2,1-2H3/t12-,13-/m0/s1. The highest BCUT2D eigenvalue weighted by Gasteiger charge is 2.34. The molecule has 0 radical (unpaired) electrons. The van der Waals surface area contributed by atoms with Crippen LogP contribution in [0.3, 0.4) is 0 Å². The highest BCUT2D eigenvalue weighted by atomic mass is 16.3. The van der Waals surface area contributed by atoms with Gasteiger partial charge in [-0.2, -0.15) is 5.26 Å². The van der Waals surface area contributed by atoms with Gasteiger partial charge in [0.1, 0.15) is 11.9 Å². The first-order chi connectivity index (χ1) is 10.1. The van der Waals surface area contributed by atoms with E-state index in [9.17, 15) is 10.4 Å². The average molecular weight is 283 g/mol. The number of nitrogens with zero attached hydrogens (tertiary/aromatic N) is 5. The highest BCUT2D eigenvalue weighted by Crippen LogP contribution is 2.26. The van der Waals surface area contributed by atoms with Gasteiger partial charge in [-0.1, -0.05) is 0 Å². The molecule has 3 rings (SSSR count). The first-order valence-electron chi connectivity index (χ1n) is 6.85. The van der Waals surface area contributed by atoms with Gasteiger partial charge in [-0.3, -0.25) is 0 Å². The number of rotatable bonds is 2. The van der Waals surface area contributed by atoms with Crippen LogP contribution in [0.25, 0.3) is 11.0 Å². The van der Waals surface area contributed by atoms with E-state index in [1.165, 1.54) is 0 Å². The Bertz CT molecular complexity index is 709. The number of hydrogen-bond acceptors (Lipinski definition) is 6. The largest absolute Gasteiger partial charge is 0.390 e. The van der Waals surface area contributed by atoms with Crippen molar-refractivity contribution >= 4 is 16.9 Å². The quantitative estimate of drug-likeness (QED) is 0.870. The van der Waals surface area contributed by atoms with Crippen LogP contribution in [-0.4, -0.2) is 59.3 Å². The Morgan fingerprint density at radius 3 is 2.90 bits per heavy atom. The topological polar surface area (TPSA) is 76.3 Å². The number of β-amino-alcohol motifs (C(OH)–C–C–N with tert-alkyl or cyclic N) is 1. The number of fused-ring (bicyclic) bond motifs is 1. The van der Waals surface area contributed by atoms with Crippen molar-refractivity contribution < 1.29 is 5.11 Å². The van der Waals surface area contributed by atoms with Crippen molar-refractivity contribution in [2.75, 3.05) is 32.1 Å². The summed E-state index contributed by atoms with van der Waals surface area (Å²) in [6.07, 6.45) is 1.24. The molecule has 0 aromatic carbocycles. The molecule has 1 aliphatic heterocycles. The fourth-order valence-electron chi connectivity index (χ4n) is 2.77. The molecule has 6 nitrogen and oxygen atoms in total. The molecular weight excluding hydrogens is 266 g/mol. The van der Waals surface area contributed by atoms with Crippen LogP contribution in [0, 0.1) is 11.3 Å².